The normalized spacial score (nSPS) is 23.7. The Labute approximate surface area is 66.8 Å². The van der Waals surface area contributed by atoms with Gasteiger partial charge < -0.3 is 0 Å². The Bertz CT molecular complexity index is 177. The Hall–Kier alpha value is -0.810. The second kappa shape index (κ2) is 3.28. The van der Waals surface area contributed by atoms with Crippen molar-refractivity contribution in [3.63, 3.8) is 0 Å². The minimum absolute atomic E-state index is 0.0664. The van der Waals surface area contributed by atoms with Crippen molar-refractivity contribution in [1.82, 2.24) is 5.01 Å². The number of hydrogen-bond acceptors (Lipinski definition) is 2. The molecule has 1 heterocycles. The maximum absolute atomic E-state index is 12.0. The zero-order chi connectivity index (χ0) is 9.19. The minimum atomic E-state index is -4.26. The molecule has 1 aliphatic heterocycles. The smallest absolute Gasteiger partial charge is 0.294 e. The third-order valence-corrected chi connectivity index (χ3v) is 1.58. The van der Waals surface area contributed by atoms with Crippen LogP contribution < -0.4 is 0 Å². The molecule has 0 aliphatic carbocycles. The molecule has 0 aromatic carbocycles. The standard InChI is InChI=1S/C6H8F4N2/c7-1-2-12-4-5(3-11-12)6(8,9)10/h3,5H,1-2,4H2. The van der Waals surface area contributed by atoms with Gasteiger partial charge in [-0.15, -0.1) is 0 Å². The van der Waals surface area contributed by atoms with Crippen LogP contribution in [-0.4, -0.2) is 37.2 Å². The van der Waals surface area contributed by atoms with Crippen LogP contribution in [0.4, 0.5) is 17.6 Å². The maximum Gasteiger partial charge on any atom is 0.398 e. The average molecular weight is 184 g/mol. The van der Waals surface area contributed by atoms with Crippen molar-refractivity contribution in [2.45, 2.75) is 6.18 Å². The number of nitrogens with zero attached hydrogens (tertiary/aromatic N) is 2. The summed E-state index contributed by atoms with van der Waals surface area (Å²) >= 11 is 0. The molecular formula is C6H8F4N2. The lowest BCUT2D eigenvalue weighted by Crippen LogP contribution is -2.30. The highest BCUT2D eigenvalue weighted by atomic mass is 19.4. The third kappa shape index (κ3) is 2.09. The first-order valence-corrected chi connectivity index (χ1v) is 3.46. The largest absolute Gasteiger partial charge is 0.398 e. The summed E-state index contributed by atoms with van der Waals surface area (Å²) < 4.78 is 47.6. The lowest BCUT2D eigenvalue weighted by Gasteiger charge is -2.15. The molecule has 0 saturated carbocycles. The van der Waals surface area contributed by atoms with Gasteiger partial charge in [-0.25, -0.2) is 4.39 Å². The van der Waals surface area contributed by atoms with Crippen LogP contribution >= 0.6 is 0 Å². The molecule has 70 valence electrons. The van der Waals surface area contributed by atoms with Gasteiger partial charge in [0.1, 0.15) is 12.6 Å². The van der Waals surface area contributed by atoms with Crippen molar-refractivity contribution in [2.24, 2.45) is 11.0 Å². The molecule has 1 aliphatic rings. The molecule has 0 saturated heterocycles. The number of alkyl halides is 4. The number of hydrazone groups is 1. The van der Waals surface area contributed by atoms with E-state index in [2.05, 4.69) is 5.10 Å². The minimum Gasteiger partial charge on any atom is -0.294 e. The third-order valence-electron chi connectivity index (χ3n) is 1.58. The molecule has 0 spiro atoms. The van der Waals surface area contributed by atoms with Crippen molar-refractivity contribution >= 4 is 6.21 Å². The molecule has 0 N–H and O–H groups in total. The molecule has 0 aromatic rings. The molecule has 2 nitrogen and oxygen atoms in total. The Morgan fingerprint density at radius 2 is 2.17 bits per heavy atom. The van der Waals surface area contributed by atoms with Crippen molar-refractivity contribution in [3.8, 4) is 0 Å². The zero-order valence-corrected chi connectivity index (χ0v) is 6.18. The number of halogens is 4. The highest BCUT2D eigenvalue weighted by Gasteiger charge is 2.41. The predicted molar refractivity (Wildman–Crippen MR) is 35.6 cm³/mol. The van der Waals surface area contributed by atoms with Gasteiger partial charge in [-0.3, -0.25) is 5.01 Å². The van der Waals surface area contributed by atoms with E-state index in [0.29, 0.717) is 0 Å². The molecule has 12 heavy (non-hydrogen) atoms. The van der Waals surface area contributed by atoms with Gasteiger partial charge in [0.2, 0.25) is 0 Å². The summed E-state index contributed by atoms with van der Waals surface area (Å²) in [5, 5.41) is 4.50. The van der Waals surface area contributed by atoms with Gasteiger partial charge in [0.25, 0.3) is 0 Å². The molecular weight excluding hydrogens is 176 g/mol. The number of rotatable bonds is 2. The summed E-state index contributed by atoms with van der Waals surface area (Å²) in [6, 6.07) is 0. The average Bonchev–Trinajstić information content (AvgIpc) is 2.35. The molecule has 0 fully saturated rings. The fraction of sp³-hybridized carbons (Fsp3) is 0.833. The molecule has 0 bridgehead atoms. The van der Waals surface area contributed by atoms with Gasteiger partial charge in [-0.05, 0) is 0 Å². The lowest BCUT2D eigenvalue weighted by molar-refractivity contribution is -0.154. The quantitative estimate of drug-likeness (QED) is 0.593. The molecule has 0 amide bonds. The van der Waals surface area contributed by atoms with Gasteiger partial charge in [0.05, 0.1) is 13.1 Å². The van der Waals surface area contributed by atoms with Crippen LogP contribution in [0.1, 0.15) is 0 Å². The van der Waals surface area contributed by atoms with Crippen molar-refractivity contribution in [2.75, 3.05) is 19.8 Å². The zero-order valence-electron chi connectivity index (χ0n) is 6.18. The van der Waals surface area contributed by atoms with Crippen LogP contribution in [0.3, 0.4) is 0 Å². The highest BCUT2D eigenvalue weighted by Crippen LogP contribution is 2.28. The van der Waals surface area contributed by atoms with E-state index >= 15 is 0 Å². The van der Waals surface area contributed by atoms with Crippen LogP contribution in [0.15, 0.2) is 5.10 Å². The van der Waals surface area contributed by atoms with Gasteiger partial charge in [-0.2, -0.15) is 18.3 Å². The summed E-state index contributed by atoms with van der Waals surface area (Å²) in [6.07, 6.45) is -3.44. The monoisotopic (exact) mass is 184 g/mol. The Balaban J connectivity index is 2.42. The van der Waals surface area contributed by atoms with Gasteiger partial charge in [-0.1, -0.05) is 0 Å². The topological polar surface area (TPSA) is 15.6 Å². The van der Waals surface area contributed by atoms with Gasteiger partial charge in [0, 0.05) is 6.21 Å². The van der Waals surface area contributed by atoms with Gasteiger partial charge in [0.15, 0.2) is 0 Å². The Morgan fingerprint density at radius 3 is 2.58 bits per heavy atom. The fourth-order valence-electron chi connectivity index (χ4n) is 0.931. The summed E-state index contributed by atoms with van der Waals surface area (Å²) in [6.45, 7) is -1.00. The van der Waals surface area contributed by atoms with Crippen LogP contribution in [0.2, 0.25) is 0 Å². The molecule has 1 rings (SSSR count). The molecule has 1 unspecified atom stereocenters. The summed E-state index contributed by atoms with van der Waals surface area (Å²) in [5.74, 6) is -1.54. The van der Waals surface area contributed by atoms with E-state index in [4.69, 9.17) is 0 Å². The SMILES string of the molecule is FCCN1CC(C(F)(F)F)C=N1. The second-order valence-electron chi connectivity index (χ2n) is 2.51. The lowest BCUT2D eigenvalue weighted by atomic mass is 10.2. The Kier molecular flexibility index (Phi) is 2.54. The second-order valence-corrected chi connectivity index (χ2v) is 2.51. The van der Waals surface area contributed by atoms with E-state index in [1.54, 1.807) is 0 Å². The van der Waals surface area contributed by atoms with E-state index < -0.39 is 18.8 Å². The van der Waals surface area contributed by atoms with Crippen LogP contribution in [0, 0.1) is 5.92 Å². The van der Waals surface area contributed by atoms with Crippen LogP contribution in [0.5, 0.6) is 0 Å². The van der Waals surface area contributed by atoms with E-state index in [-0.39, 0.29) is 13.1 Å². The van der Waals surface area contributed by atoms with Crippen molar-refractivity contribution < 1.29 is 17.6 Å². The summed E-state index contributed by atoms with van der Waals surface area (Å²) in [7, 11) is 0. The van der Waals surface area contributed by atoms with Crippen molar-refractivity contribution in [1.29, 1.82) is 0 Å². The first-order valence-electron chi connectivity index (χ1n) is 3.46. The van der Waals surface area contributed by atoms with E-state index in [9.17, 15) is 17.6 Å². The van der Waals surface area contributed by atoms with Crippen LogP contribution in [0.25, 0.3) is 0 Å². The van der Waals surface area contributed by atoms with Crippen LogP contribution in [-0.2, 0) is 0 Å². The van der Waals surface area contributed by atoms with E-state index in [1.807, 2.05) is 0 Å². The van der Waals surface area contributed by atoms with Gasteiger partial charge >= 0.3 is 6.18 Å². The molecule has 6 heteroatoms. The first-order chi connectivity index (χ1) is 5.54. The molecule has 1 atom stereocenters. The maximum atomic E-state index is 12.0. The Morgan fingerprint density at radius 1 is 1.50 bits per heavy atom. The molecule has 0 radical (unpaired) electrons. The fourth-order valence-corrected chi connectivity index (χ4v) is 0.931. The van der Waals surface area contributed by atoms with E-state index in [0.717, 1.165) is 11.2 Å². The first kappa shape index (κ1) is 9.28. The number of hydrogen-bond donors (Lipinski definition) is 0. The highest BCUT2D eigenvalue weighted by molar-refractivity contribution is 5.63. The van der Waals surface area contributed by atoms with E-state index in [1.165, 1.54) is 0 Å². The predicted octanol–water partition coefficient (Wildman–Crippen LogP) is 1.44. The summed E-state index contributed by atoms with van der Waals surface area (Å²) in [4.78, 5) is 0. The van der Waals surface area contributed by atoms with Crippen molar-refractivity contribution in [3.05, 3.63) is 0 Å². The summed E-state index contributed by atoms with van der Waals surface area (Å²) in [5.41, 5.74) is 0. The molecule has 0 aromatic heterocycles.